The lowest BCUT2D eigenvalue weighted by molar-refractivity contribution is -0.119. The topological polar surface area (TPSA) is 49.7 Å². The Balaban J connectivity index is 1.86. The van der Waals surface area contributed by atoms with E-state index in [4.69, 9.17) is 28.2 Å². The highest BCUT2D eigenvalue weighted by atomic mass is 35.5. The zero-order valence-electron chi connectivity index (χ0n) is 15.8. The molecule has 1 N–H and O–H groups in total. The third kappa shape index (κ3) is 4.07. The number of carbonyl (C=O) groups excluding carboxylic acids is 1. The van der Waals surface area contributed by atoms with Crippen LogP contribution in [0.5, 0.6) is 5.75 Å². The molecular weight excluding hydrogens is 405 g/mol. The van der Waals surface area contributed by atoms with Gasteiger partial charge in [0.2, 0.25) is 0 Å². The molecule has 29 heavy (non-hydrogen) atoms. The average Bonchev–Trinajstić information content (AvgIpc) is 2.82. The number of hydrogen-bond donors (Lipinski definition) is 1. The molecule has 0 bridgehead atoms. The predicted molar refractivity (Wildman–Crippen MR) is 118 cm³/mol. The van der Waals surface area contributed by atoms with Crippen molar-refractivity contribution in [2.75, 3.05) is 0 Å². The SMILES string of the molecule is Cc1cc(C2=N[C@@H](Cc3ccccc3Cl)C(=O)Cc3ccc(Cl)cc32)ccc1O. The van der Waals surface area contributed by atoms with Gasteiger partial charge in [-0.15, -0.1) is 0 Å². The lowest BCUT2D eigenvalue weighted by Gasteiger charge is -2.13. The molecule has 0 saturated heterocycles. The van der Waals surface area contributed by atoms with Crippen molar-refractivity contribution < 1.29 is 9.90 Å². The van der Waals surface area contributed by atoms with Gasteiger partial charge in [-0.1, -0.05) is 47.5 Å². The van der Waals surface area contributed by atoms with Crippen LogP contribution in [0.1, 0.15) is 27.8 Å². The molecule has 0 radical (unpaired) electrons. The number of nitrogens with zero attached hydrogens (tertiary/aromatic N) is 1. The number of Topliss-reactive ketones (excluding diaryl/α,β-unsaturated/α-hetero) is 1. The number of fused-ring (bicyclic) bond motifs is 1. The van der Waals surface area contributed by atoms with Crippen LogP contribution in [0.25, 0.3) is 0 Å². The van der Waals surface area contributed by atoms with Crippen LogP contribution in [0.15, 0.2) is 65.7 Å². The van der Waals surface area contributed by atoms with Gasteiger partial charge in [0, 0.05) is 34.0 Å². The van der Waals surface area contributed by atoms with E-state index in [0.29, 0.717) is 22.2 Å². The minimum atomic E-state index is -0.551. The van der Waals surface area contributed by atoms with Gasteiger partial charge in [0.05, 0.1) is 5.71 Å². The Morgan fingerprint density at radius 1 is 1.07 bits per heavy atom. The van der Waals surface area contributed by atoms with Gasteiger partial charge in [0.1, 0.15) is 11.8 Å². The minimum Gasteiger partial charge on any atom is -0.508 e. The van der Waals surface area contributed by atoms with Crippen molar-refractivity contribution in [2.45, 2.75) is 25.8 Å². The molecule has 4 rings (SSSR count). The molecule has 3 nitrogen and oxygen atoms in total. The van der Waals surface area contributed by atoms with E-state index in [2.05, 4.69) is 0 Å². The summed E-state index contributed by atoms with van der Waals surface area (Å²) in [5.41, 5.74) is 4.91. The highest BCUT2D eigenvalue weighted by Crippen LogP contribution is 2.28. The summed E-state index contributed by atoms with van der Waals surface area (Å²) in [5, 5.41) is 11.1. The normalized spacial score (nSPS) is 16.2. The van der Waals surface area contributed by atoms with Gasteiger partial charge in [-0.2, -0.15) is 0 Å². The monoisotopic (exact) mass is 423 g/mol. The van der Waals surface area contributed by atoms with Gasteiger partial charge in [-0.25, -0.2) is 0 Å². The second-order valence-electron chi connectivity index (χ2n) is 7.23. The second kappa shape index (κ2) is 8.02. The zero-order valence-corrected chi connectivity index (χ0v) is 17.3. The van der Waals surface area contributed by atoms with Crippen LogP contribution in [0.3, 0.4) is 0 Å². The molecule has 146 valence electrons. The Labute approximate surface area is 179 Å². The lowest BCUT2D eigenvalue weighted by Crippen LogP contribution is -2.23. The summed E-state index contributed by atoms with van der Waals surface area (Å²) in [6.07, 6.45) is 0.715. The van der Waals surface area contributed by atoms with Gasteiger partial charge in [-0.05, 0) is 60.0 Å². The zero-order chi connectivity index (χ0) is 20.5. The summed E-state index contributed by atoms with van der Waals surface area (Å²) < 4.78 is 0. The number of halogens is 2. The lowest BCUT2D eigenvalue weighted by atomic mass is 9.94. The van der Waals surface area contributed by atoms with E-state index >= 15 is 0 Å². The first-order valence-electron chi connectivity index (χ1n) is 9.35. The number of ketones is 1. The third-order valence-electron chi connectivity index (χ3n) is 5.19. The van der Waals surface area contributed by atoms with Crippen LogP contribution in [0, 0.1) is 6.92 Å². The van der Waals surface area contributed by atoms with Gasteiger partial charge >= 0.3 is 0 Å². The largest absolute Gasteiger partial charge is 0.508 e. The molecule has 0 fully saturated rings. The summed E-state index contributed by atoms with van der Waals surface area (Å²) in [6.45, 7) is 1.83. The first-order chi connectivity index (χ1) is 13.9. The standard InChI is InChI=1S/C24H19Cl2NO2/c1-14-10-17(7-9-22(14)28)24-19-13-18(25)8-6-15(19)12-23(29)21(27-24)11-16-4-2-3-5-20(16)26/h2-10,13,21,28H,11-12H2,1H3/t21-/m0/s1. The Bertz CT molecular complexity index is 1140. The van der Waals surface area contributed by atoms with Crippen LogP contribution in [0.2, 0.25) is 10.0 Å². The van der Waals surface area contributed by atoms with Crippen molar-refractivity contribution in [3.8, 4) is 5.75 Å². The number of benzene rings is 3. The number of carbonyl (C=O) groups is 1. The first kappa shape index (κ1) is 19.7. The molecule has 0 spiro atoms. The highest BCUT2D eigenvalue weighted by molar-refractivity contribution is 6.32. The van der Waals surface area contributed by atoms with E-state index in [9.17, 15) is 9.90 Å². The third-order valence-corrected chi connectivity index (χ3v) is 5.79. The van der Waals surface area contributed by atoms with Crippen LogP contribution < -0.4 is 0 Å². The van der Waals surface area contributed by atoms with E-state index in [1.54, 1.807) is 12.1 Å². The molecule has 0 aromatic heterocycles. The van der Waals surface area contributed by atoms with E-state index < -0.39 is 6.04 Å². The van der Waals surface area contributed by atoms with Crippen molar-refractivity contribution in [3.05, 3.63) is 98.5 Å². The quantitative estimate of drug-likeness (QED) is 0.597. The summed E-state index contributed by atoms with van der Waals surface area (Å²) in [4.78, 5) is 17.9. The van der Waals surface area contributed by atoms with E-state index in [1.165, 1.54) is 0 Å². The summed E-state index contributed by atoms with van der Waals surface area (Å²) in [6, 6.07) is 17.8. The molecule has 0 aliphatic carbocycles. The van der Waals surface area contributed by atoms with E-state index in [1.807, 2.05) is 55.5 Å². The molecule has 0 amide bonds. The molecular formula is C24H19Cl2NO2. The Hall–Kier alpha value is -2.62. The summed E-state index contributed by atoms with van der Waals surface area (Å²) >= 11 is 12.6. The molecule has 1 aliphatic heterocycles. The van der Waals surface area contributed by atoms with Gasteiger partial charge in [0.25, 0.3) is 0 Å². The molecule has 3 aromatic carbocycles. The van der Waals surface area contributed by atoms with E-state index in [0.717, 1.165) is 27.8 Å². The van der Waals surface area contributed by atoms with Crippen molar-refractivity contribution in [1.29, 1.82) is 0 Å². The van der Waals surface area contributed by atoms with Crippen molar-refractivity contribution in [1.82, 2.24) is 0 Å². The van der Waals surface area contributed by atoms with Crippen LogP contribution in [0.4, 0.5) is 0 Å². The Morgan fingerprint density at radius 2 is 1.86 bits per heavy atom. The molecule has 3 aromatic rings. The molecule has 1 heterocycles. The number of hydrogen-bond acceptors (Lipinski definition) is 3. The number of phenolic OH excluding ortho intramolecular Hbond substituents is 1. The first-order valence-corrected chi connectivity index (χ1v) is 10.1. The Kier molecular flexibility index (Phi) is 5.44. The van der Waals surface area contributed by atoms with Crippen molar-refractivity contribution >= 4 is 34.7 Å². The Morgan fingerprint density at radius 3 is 2.62 bits per heavy atom. The number of rotatable bonds is 3. The number of aliphatic imine (C=N–C) groups is 1. The van der Waals surface area contributed by atoms with Crippen molar-refractivity contribution in [2.24, 2.45) is 4.99 Å². The second-order valence-corrected chi connectivity index (χ2v) is 8.08. The fourth-order valence-electron chi connectivity index (χ4n) is 3.59. The maximum atomic E-state index is 13.1. The highest BCUT2D eigenvalue weighted by Gasteiger charge is 2.27. The van der Waals surface area contributed by atoms with E-state index in [-0.39, 0.29) is 18.0 Å². The smallest absolute Gasteiger partial charge is 0.162 e. The fourth-order valence-corrected chi connectivity index (χ4v) is 3.98. The van der Waals surface area contributed by atoms with Gasteiger partial charge in [0.15, 0.2) is 5.78 Å². The van der Waals surface area contributed by atoms with Gasteiger partial charge < -0.3 is 5.11 Å². The number of aryl methyl sites for hydroxylation is 1. The predicted octanol–water partition coefficient (Wildman–Crippen LogP) is 5.58. The average molecular weight is 424 g/mol. The maximum absolute atomic E-state index is 13.1. The molecule has 0 saturated carbocycles. The van der Waals surface area contributed by atoms with Crippen LogP contribution >= 0.6 is 23.2 Å². The molecule has 1 atom stereocenters. The van der Waals surface area contributed by atoms with Crippen molar-refractivity contribution in [3.63, 3.8) is 0 Å². The minimum absolute atomic E-state index is 0.0407. The number of phenols is 1. The summed E-state index contributed by atoms with van der Waals surface area (Å²) in [7, 11) is 0. The molecule has 5 heteroatoms. The molecule has 0 unspecified atom stereocenters. The maximum Gasteiger partial charge on any atom is 0.162 e. The number of aromatic hydroxyl groups is 1. The van der Waals surface area contributed by atoms with Gasteiger partial charge in [-0.3, -0.25) is 9.79 Å². The van der Waals surface area contributed by atoms with Crippen LogP contribution in [-0.2, 0) is 17.6 Å². The summed E-state index contributed by atoms with van der Waals surface area (Å²) in [5.74, 6) is 0.261. The molecule has 1 aliphatic rings. The fraction of sp³-hybridized carbons (Fsp3) is 0.167. The van der Waals surface area contributed by atoms with Crippen LogP contribution in [-0.4, -0.2) is 22.6 Å².